The average Bonchev–Trinajstić information content (AvgIpc) is 2.31. The summed E-state index contributed by atoms with van der Waals surface area (Å²) in [4.78, 5) is 13.5. The number of ether oxygens (including phenoxy) is 1. The van der Waals surface area contributed by atoms with Gasteiger partial charge in [0.25, 0.3) is 0 Å². The van der Waals surface area contributed by atoms with Crippen LogP contribution in [0.1, 0.15) is 32.8 Å². The molecule has 1 aromatic rings. The maximum Gasteiger partial charge on any atom is 0.414 e. The summed E-state index contributed by atoms with van der Waals surface area (Å²) < 4.78 is 19.1. The van der Waals surface area contributed by atoms with Crippen LogP contribution in [0.2, 0.25) is 0 Å². The predicted molar refractivity (Wildman–Crippen MR) is 70.0 cm³/mol. The van der Waals surface area contributed by atoms with E-state index >= 15 is 0 Å². The van der Waals surface area contributed by atoms with Gasteiger partial charge < -0.3 is 9.84 Å². The lowest BCUT2D eigenvalue weighted by molar-refractivity contribution is 0.0577. The van der Waals surface area contributed by atoms with Crippen molar-refractivity contribution in [3.05, 3.63) is 23.5 Å². The first kappa shape index (κ1) is 13.6. The SMILES string of the molecule is CC(C)(C)OC(=O)N1CCCc2c1ccc(O)c2F. The first-order valence-corrected chi connectivity index (χ1v) is 6.30. The minimum absolute atomic E-state index is 0.372. The van der Waals surface area contributed by atoms with E-state index in [4.69, 9.17) is 4.74 Å². The maximum atomic E-state index is 13.8. The number of amides is 1. The van der Waals surface area contributed by atoms with Crippen LogP contribution in [0.5, 0.6) is 5.75 Å². The van der Waals surface area contributed by atoms with Crippen molar-refractivity contribution < 1.29 is 19.0 Å². The van der Waals surface area contributed by atoms with Crippen molar-refractivity contribution in [2.75, 3.05) is 11.4 Å². The van der Waals surface area contributed by atoms with Crippen LogP contribution in [-0.2, 0) is 11.2 Å². The first-order chi connectivity index (χ1) is 8.79. The van der Waals surface area contributed by atoms with Crippen molar-refractivity contribution in [3.8, 4) is 5.75 Å². The summed E-state index contributed by atoms with van der Waals surface area (Å²) in [5, 5.41) is 9.38. The summed E-state index contributed by atoms with van der Waals surface area (Å²) >= 11 is 0. The van der Waals surface area contributed by atoms with Gasteiger partial charge in [-0.3, -0.25) is 4.90 Å². The van der Waals surface area contributed by atoms with Crippen molar-refractivity contribution in [1.29, 1.82) is 0 Å². The molecule has 1 aliphatic heterocycles. The van der Waals surface area contributed by atoms with Crippen LogP contribution in [0.4, 0.5) is 14.9 Å². The third-order valence-electron chi connectivity index (χ3n) is 2.91. The molecule has 0 spiro atoms. The molecule has 0 atom stereocenters. The molecule has 1 aromatic carbocycles. The largest absolute Gasteiger partial charge is 0.505 e. The Morgan fingerprint density at radius 1 is 1.42 bits per heavy atom. The van der Waals surface area contributed by atoms with Crippen LogP contribution in [0.25, 0.3) is 0 Å². The van der Waals surface area contributed by atoms with E-state index in [0.29, 0.717) is 30.6 Å². The number of hydrogen-bond donors (Lipinski definition) is 1. The van der Waals surface area contributed by atoms with Gasteiger partial charge in [-0.25, -0.2) is 9.18 Å². The van der Waals surface area contributed by atoms with Gasteiger partial charge >= 0.3 is 6.09 Å². The Labute approximate surface area is 111 Å². The third-order valence-corrected chi connectivity index (χ3v) is 2.91. The Morgan fingerprint density at radius 2 is 2.11 bits per heavy atom. The molecular formula is C14H18FNO3. The minimum atomic E-state index is -0.647. The predicted octanol–water partition coefficient (Wildman–Crippen LogP) is 3.22. The molecule has 1 N–H and O–H groups in total. The molecule has 1 aliphatic rings. The molecule has 19 heavy (non-hydrogen) atoms. The third kappa shape index (κ3) is 2.80. The first-order valence-electron chi connectivity index (χ1n) is 6.30. The Kier molecular flexibility index (Phi) is 3.39. The van der Waals surface area contributed by atoms with Gasteiger partial charge in [-0.2, -0.15) is 0 Å². The van der Waals surface area contributed by atoms with Gasteiger partial charge in [0, 0.05) is 12.1 Å². The van der Waals surface area contributed by atoms with E-state index in [9.17, 15) is 14.3 Å². The zero-order valence-corrected chi connectivity index (χ0v) is 11.4. The number of carbonyl (C=O) groups is 1. The lowest BCUT2D eigenvalue weighted by Gasteiger charge is -2.31. The van der Waals surface area contributed by atoms with Crippen LogP contribution >= 0.6 is 0 Å². The molecule has 0 radical (unpaired) electrons. The van der Waals surface area contributed by atoms with Crippen LogP contribution in [0, 0.1) is 5.82 Å². The van der Waals surface area contributed by atoms with Crippen molar-refractivity contribution in [2.24, 2.45) is 0 Å². The second kappa shape index (κ2) is 4.72. The molecule has 0 saturated carbocycles. The summed E-state index contributed by atoms with van der Waals surface area (Å²) in [6.07, 6.45) is 0.667. The Morgan fingerprint density at radius 3 is 2.74 bits per heavy atom. The summed E-state index contributed by atoms with van der Waals surface area (Å²) in [5.41, 5.74) is 0.261. The van der Waals surface area contributed by atoms with Crippen LogP contribution in [0.3, 0.4) is 0 Å². The zero-order valence-electron chi connectivity index (χ0n) is 11.4. The monoisotopic (exact) mass is 267 g/mol. The van der Waals surface area contributed by atoms with Gasteiger partial charge in [0.2, 0.25) is 0 Å². The average molecular weight is 267 g/mol. The molecule has 0 saturated heterocycles. The molecule has 5 heteroatoms. The zero-order chi connectivity index (χ0) is 14.2. The second-order valence-corrected chi connectivity index (χ2v) is 5.63. The highest BCUT2D eigenvalue weighted by Crippen LogP contribution is 2.34. The Balaban J connectivity index is 2.33. The molecular weight excluding hydrogens is 249 g/mol. The highest BCUT2D eigenvalue weighted by atomic mass is 19.1. The van der Waals surface area contributed by atoms with E-state index in [1.165, 1.54) is 11.0 Å². The van der Waals surface area contributed by atoms with Gasteiger partial charge in [-0.1, -0.05) is 0 Å². The number of phenols is 1. The molecule has 0 unspecified atom stereocenters. The quantitative estimate of drug-likeness (QED) is 0.785. The number of phenolic OH excluding ortho intramolecular Hbond substituents is 1. The molecule has 0 fully saturated rings. The smallest absolute Gasteiger partial charge is 0.414 e. The van der Waals surface area contributed by atoms with E-state index in [1.54, 1.807) is 26.8 Å². The van der Waals surface area contributed by atoms with E-state index in [1.807, 2.05) is 0 Å². The van der Waals surface area contributed by atoms with Crippen LogP contribution < -0.4 is 4.90 Å². The summed E-state index contributed by atoms with van der Waals surface area (Å²) in [6.45, 7) is 5.85. The molecule has 0 bridgehead atoms. The number of rotatable bonds is 0. The number of carbonyl (C=O) groups excluding carboxylic acids is 1. The normalized spacial score (nSPS) is 15.1. The summed E-state index contributed by atoms with van der Waals surface area (Å²) in [6, 6.07) is 2.81. The molecule has 0 aliphatic carbocycles. The minimum Gasteiger partial charge on any atom is -0.505 e. The van der Waals surface area contributed by atoms with Crippen LogP contribution in [0.15, 0.2) is 12.1 Å². The van der Waals surface area contributed by atoms with Crippen LogP contribution in [-0.4, -0.2) is 23.3 Å². The van der Waals surface area contributed by atoms with Gasteiger partial charge in [0.1, 0.15) is 5.60 Å². The summed E-state index contributed by atoms with van der Waals surface area (Å²) in [5.74, 6) is -1.03. The van der Waals surface area contributed by atoms with Gasteiger partial charge in [-0.05, 0) is 45.7 Å². The number of fused-ring (bicyclic) bond motifs is 1. The van der Waals surface area contributed by atoms with E-state index in [-0.39, 0.29) is 5.75 Å². The van der Waals surface area contributed by atoms with Crippen molar-refractivity contribution in [3.63, 3.8) is 0 Å². The topological polar surface area (TPSA) is 49.8 Å². The fourth-order valence-corrected chi connectivity index (χ4v) is 2.13. The molecule has 1 heterocycles. The fourth-order valence-electron chi connectivity index (χ4n) is 2.13. The highest BCUT2D eigenvalue weighted by Gasteiger charge is 2.29. The van der Waals surface area contributed by atoms with E-state index in [2.05, 4.69) is 0 Å². The maximum absolute atomic E-state index is 13.8. The van der Waals surface area contributed by atoms with Gasteiger partial charge in [-0.15, -0.1) is 0 Å². The highest BCUT2D eigenvalue weighted by molar-refractivity contribution is 5.89. The van der Waals surface area contributed by atoms with Crippen molar-refractivity contribution >= 4 is 11.8 Å². The fraction of sp³-hybridized carbons (Fsp3) is 0.500. The molecule has 4 nitrogen and oxygen atoms in total. The van der Waals surface area contributed by atoms with Crippen molar-refractivity contribution in [2.45, 2.75) is 39.2 Å². The number of nitrogens with zero attached hydrogens (tertiary/aromatic N) is 1. The number of benzene rings is 1. The van der Waals surface area contributed by atoms with Gasteiger partial charge in [0.15, 0.2) is 11.6 Å². The number of anilines is 1. The molecule has 2 rings (SSSR count). The van der Waals surface area contributed by atoms with E-state index in [0.717, 1.165) is 0 Å². The van der Waals surface area contributed by atoms with Crippen molar-refractivity contribution in [1.82, 2.24) is 0 Å². The summed E-state index contributed by atoms with van der Waals surface area (Å²) in [7, 11) is 0. The van der Waals surface area contributed by atoms with E-state index < -0.39 is 17.5 Å². The molecule has 1 amide bonds. The van der Waals surface area contributed by atoms with Gasteiger partial charge in [0.05, 0.1) is 5.69 Å². The number of halogens is 1. The molecule has 0 aromatic heterocycles. The second-order valence-electron chi connectivity index (χ2n) is 5.63. The molecule has 104 valence electrons. The number of hydrogen-bond acceptors (Lipinski definition) is 3. The standard InChI is InChI=1S/C14H18FNO3/c1-14(2,3)19-13(18)16-8-4-5-9-10(16)6-7-11(17)12(9)15/h6-7,17H,4-5,8H2,1-3H3. The lowest BCUT2D eigenvalue weighted by Crippen LogP contribution is -2.40. The Bertz CT molecular complexity index is 508. The Hall–Kier alpha value is -1.78. The number of aromatic hydroxyl groups is 1. The lowest BCUT2D eigenvalue weighted by atomic mass is 10.0.